The molecule has 140 valence electrons. The van der Waals surface area contributed by atoms with E-state index in [2.05, 4.69) is 26.8 Å². The molecule has 2 N–H and O–H groups in total. The minimum Gasteiger partial charge on any atom is -0.414 e. The van der Waals surface area contributed by atoms with Crippen LogP contribution in [0.1, 0.15) is 36.8 Å². The van der Waals surface area contributed by atoms with E-state index in [9.17, 15) is 9.18 Å². The minimum atomic E-state index is -1.07. The number of rotatable bonds is 5. The van der Waals surface area contributed by atoms with Crippen LogP contribution in [0, 0.1) is 5.82 Å². The second kappa shape index (κ2) is 6.88. The Morgan fingerprint density at radius 1 is 1.22 bits per heavy atom. The van der Waals surface area contributed by atoms with Crippen molar-refractivity contribution in [1.82, 2.24) is 5.43 Å². The molecule has 1 atom stereocenters. The summed E-state index contributed by atoms with van der Waals surface area (Å²) in [4.78, 5) is 11.7. The first-order valence-corrected chi connectivity index (χ1v) is 9.44. The molecule has 0 radical (unpaired) electrons. The predicted molar refractivity (Wildman–Crippen MR) is 102 cm³/mol. The highest BCUT2D eigenvalue weighted by Crippen LogP contribution is 2.44. The van der Waals surface area contributed by atoms with Crippen molar-refractivity contribution in [3.8, 4) is 0 Å². The largest absolute Gasteiger partial charge is 0.515 e. The van der Waals surface area contributed by atoms with Gasteiger partial charge in [-0.1, -0.05) is 40.2 Å². The zero-order chi connectivity index (χ0) is 19.0. The lowest BCUT2D eigenvalue weighted by Gasteiger charge is -2.22. The molecule has 0 aromatic heterocycles. The molecule has 1 aliphatic carbocycles. The number of cyclic esters (lactones) is 2. The van der Waals surface area contributed by atoms with Crippen LogP contribution in [0.25, 0.3) is 0 Å². The Bertz CT molecular complexity index is 912. The number of hydrazine groups is 1. The van der Waals surface area contributed by atoms with Crippen LogP contribution < -0.4 is 10.9 Å². The smallest absolute Gasteiger partial charge is 0.414 e. The first-order valence-electron chi connectivity index (χ1n) is 8.65. The highest BCUT2D eigenvalue weighted by atomic mass is 79.9. The maximum Gasteiger partial charge on any atom is 0.515 e. The predicted octanol–water partition coefficient (Wildman–Crippen LogP) is 5.31. The molecule has 0 amide bonds. The lowest BCUT2D eigenvalue weighted by Crippen LogP contribution is -2.26. The molecule has 1 heterocycles. The SMILES string of the molecule is CC1(c2ccc(Br)cc2)OC(=O)OC1=CNNc1c(F)cccc1C1CC1. The average Bonchev–Trinajstić information content (AvgIpc) is 3.43. The summed E-state index contributed by atoms with van der Waals surface area (Å²) < 4.78 is 25.7. The summed E-state index contributed by atoms with van der Waals surface area (Å²) >= 11 is 3.39. The molecule has 1 unspecified atom stereocenters. The third-order valence-corrected chi connectivity index (χ3v) is 5.34. The van der Waals surface area contributed by atoms with Crippen LogP contribution >= 0.6 is 15.9 Å². The van der Waals surface area contributed by atoms with Gasteiger partial charge >= 0.3 is 6.16 Å². The highest BCUT2D eigenvalue weighted by molar-refractivity contribution is 9.10. The third kappa shape index (κ3) is 3.51. The number of halogens is 2. The van der Waals surface area contributed by atoms with Gasteiger partial charge in [0.25, 0.3) is 0 Å². The molecule has 2 aromatic carbocycles. The second-order valence-electron chi connectivity index (χ2n) is 6.75. The normalized spacial score (nSPS) is 23.1. The first-order chi connectivity index (χ1) is 13.0. The Kier molecular flexibility index (Phi) is 4.55. The van der Waals surface area contributed by atoms with Crippen molar-refractivity contribution in [2.45, 2.75) is 31.3 Å². The summed E-state index contributed by atoms with van der Waals surface area (Å²) in [5.41, 5.74) is 6.77. The Labute approximate surface area is 164 Å². The maximum atomic E-state index is 14.2. The number of hydrogen-bond donors (Lipinski definition) is 2. The van der Waals surface area contributed by atoms with E-state index in [4.69, 9.17) is 9.47 Å². The van der Waals surface area contributed by atoms with Gasteiger partial charge in [-0.05, 0) is 49.4 Å². The van der Waals surface area contributed by atoms with Crippen LogP contribution in [-0.4, -0.2) is 6.16 Å². The van der Waals surface area contributed by atoms with Gasteiger partial charge in [-0.15, -0.1) is 0 Å². The van der Waals surface area contributed by atoms with Gasteiger partial charge in [-0.25, -0.2) is 9.18 Å². The summed E-state index contributed by atoms with van der Waals surface area (Å²) in [5, 5.41) is 0. The van der Waals surface area contributed by atoms with Crippen LogP contribution in [-0.2, 0) is 15.1 Å². The molecule has 5 nitrogen and oxygen atoms in total. The summed E-state index contributed by atoms with van der Waals surface area (Å²) in [6.45, 7) is 1.74. The molecule has 1 aliphatic heterocycles. The van der Waals surface area contributed by atoms with Crippen molar-refractivity contribution < 1.29 is 18.7 Å². The van der Waals surface area contributed by atoms with Crippen LogP contribution in [0.5, 0.6) is 0 Å². The summed E-state index contributed by atoms with van der Waals surface area (Å²) in [5.74, 6) is 0.339. The number of anilines is 1. The molecule has 7 heteroatoms. The monoisotopic (exact) mass is 432 g/mol. The number of ether oxygens (including phenoxy) is 2. The van der Waals surface area contributed by atoms with Gasteiger partial charge in [-0.3, -0.25) is 5.43 Å². The van der Waals surface area contributed by atoms with Crippen molar-refractivity contribution in [1.29, 1.82) is 0 Å². The standard InChI is InChI=1S/C20H18BrFN2O3/c1-20(13-7-9-14(21)10-8-13)17(26-19(25)27-20)11-23-24-18-15(12-5-6-12)3-2-4-16(18)22/h2-4,7-12,23-24H,5-6H2,1H3. The molecule has 0 bridgehead atoms. The second-order valence-corrected chi connectivity index (χ2v) is 7.67. The number of carbonyl (C=O) groups excluding carboxylic acids is 1. The van der Waals surface area contributed by atoms with Crippen molar-refractivity contribution in [3.05, 3.63) is 75.8 Å². The van der Waals surface area contributed by atoms with E-state index in [1.165, 1.54) is 12.3 Å². The molecule has 27 heavy (non-hydrogen) atoms. The van der Waals surface area contributed by atoms with E-state index in [0.29, 0.717) is 11.6 Å². The van der Waals surface area contributed by atoms with Gasteiger partial charge in [-0.2, -0.15) is 0 Å². The highest BCUT2D eigenvalue weighted by Gasteiger charge is 2.45. The molecule has 1 saturated carbocycles. The fourth-order valence-electron chi connectivity index (χ4n) is 3.14. The molecule has 4 rings (SSSR count). The Morgan fingerprint density at radius 3 is 2.67 bits per heavy atom. The lowest BCUT2D eigenvalue weighted by molar-refractivity contribution is 0.0755. The summed E-state index contributed by atoms with van der Waals surface area (Å²) in [6, 6.07) is 12.4. The van der Waals surface area contributed by atoms with Crippen LogP contribution in [0.3, 0.4) is 0 Å². The van der Waals surface area contributed by atoms with Gasteiger partial charge in [0.15, 0.2) is 11.4 Å². The Morgan fingerprint density at radius 2 is 1.96 bits per heavy atom. The maximum absolute atomic E-state index is 14.2. The zero-order valence-corrected chi connectivity index (χ0v) is 16.2. The van der Waals surface area contributed by atoms with Gasteiger partial charge in [0, 0.05) is 10.0 Å². The van der Waals surface area contributed by atoms with E-state index in [1.807, 2.05) is 30.3 Å². The van der Waals surface area contributed by atoms with Gasteiger partial charge in [0.2, 0.25) is 0 Å². The van der Waals surface area contributed by atoms with Gasteiger partial charge < -0.3 is 14.9 Å². The molecular weight excluding hydrogens is 415 g/mol. The van der Waals surface area contributed by atoms with Crippen LogP contribution in [0.15, 0.2) is 58.9 Å². The van der Waals surface area contributed by atoms with Crippen molar-refractivity contribution in [2.24, 2.45) is 0 Å². The topological polar surface area (TPSA) is 59.6 Å². The molecule has 0 spiro atoms. The van der Waals surface area contributed by atoms with Crippen molar-refractivity contribution in [2.75, 3.05) is 5.43 Å². The van der Waals surface area contributed by atoms with E-state index in [-0.39, 0.29) is 11.6 Å². The molecule has 2 fully saturated rings. The number of carbonyl (C=O) groups is 1. The van der Waals surface area contributed by atoms with Gasteiger partial charge in [0.1, 0.15) is 5.82 Å². The summed E-state index contributed by atoms with van der Waals surface area (Å²) in [6.07, 6.45) is 2.83. The van der Waals surface area contributed by atoms with Crippen molar-refractivity contribution in [3.63, 3.8) is 0 Å². The van der Waals surface area contributed by atoms with Crippen LogP contribution in [0.4, 0.5) is 14.9 Å². The number of benzene rings is 2. The Balaban J connectivity index is 1.56. The minimum absolute atomic E-state index is 0.284. The number of para-hydroxylation sites is 1. The molecule has 2 aromatic rings. The van der Waals surface area contributed by atoms with Crippen LogP contribution in [0.2, 0.25) is 0 Å². The average molecular weight is 433 g/mol. The van der Waals surface area contributed by atoms with E-state index < -0.39 is 11.8 Å². The number of hydrogen-bond acceptors (Lipinski definition) is 5. The Hall–Kier alpha value is -2.54. The first kappa shape index (κ1) is 17.9. The fraction of sp³-hybridized carbons (Fsp3) is 0.250. The fourth-order valence-corrected chi connectivity index (χ4v) is 3.41. The number of nitrogens with one attached hydrogen (secondary N) is 2. The quantitative estimate of drug-likeness (QED) is 0.495. The third-order valence-electron chi connectivity index (χ3n) is 4.81. The molecular formula is C20H18BrFN2O3. The van der Waals surface area contributed by atoms with Gasteiger partial charge in [0.05, 0.1) is 11.9 Å². The van der Waals surface area contributed by atoms with E-state index in [0.717, 1.165) is 28.4 Å². The van der Waals surface area contributed by atoms with E-state index >= 15 is 0 Å². The summed E-state index contributed by atoms with van der Waals surface area (Å²) in [7, 11) is 0. The lowest BCUT2D eigenvalue weighted by atomic mass is 9.94. The van der Waals surface area contributed by atoms with E-state index in [1.54, 1.807) is 13.0 Å². The zero-order valence-electron chi connectivity index (χ0n) is 14.6. The molecule has 2 aliphatic rings. The molecule has 1 saturated heterocycles. The van der Waals surface area contributed by atoms with Crippen molar-refractivity contribution >= 4 is 27.8 Å².